The number of ether oxygens (including phenoxy) is 1. The largest absolute Gasteiger partial charge is 0.444 e. The van der Waals surface area contributed by atoms with Crippen molar-refractivity contribution >= 4 is 34.8 Å². The molecule has 2 aromatic carbocycles. The molecule has 0 fully saturated rings. The maximum atomic E-state index is 12.0. The van der Waals surface area contributed by atoms with Gasteiger partial charge in [0.25, 0.3) is 0 Å². The van der Waals surface area contributed by atoms with Crippen LogP contribution in [-0.4, -0.2) is 31.3 Å². The van der Waals surface area contributed by atoms with Gasteiger partial charge in [-0.3, -0.25) is 5.32 Å². The number of amides is 1. The molecule has 1 aliphatic heterocycles. The maximum absolute atomic E-state index is 12.0. The number of carbonyl (C=O) groups is 1. The number of fused-ring (bicyclic) bond motifs is 1. The summed E-state index contributed by atoms with van der Waals surface area (Å²) in [5.74, 6) is 0. The smallest absolute Gasteiger partial charge is 0.412 e. The molecule has 6 heteroatoms. The Kier molecular flexibility index (Phi) is 5.80. The SMILES string of the molecule is CC(C)(C)OC(=O)Nc1ccc2c(c1)NCCN2CCc1ccc(Cl)cc1. The number of benzene rings is 2. The highest BCUT2D eigenvalue weighted by Gasteiger charge is 2.19. The van der Waals surface area contributed by atoms with Crippen molar-refractivity contribution in [3.63, 3.8) is 0 Å². The Labute approximate surface area is 165 Å². The first kappa shape index (κ1) is 19.4. The van der Waals surface area contributed by atoms with Crippen molar-refractivity contribution in [1.82, 2.24) is 0 Å². The van der Waals surface area contributed by atoms with Crippen LogP contribution in [0.25, 0.3) is 0 Å². The van der Waals surface area contributed by atoms with Gasteiger partial charge in [-0.05, 0) is 63.1 Å². The average molecular weight is 388 g/mol. The van der Waals surface area contributed by atoms with Gasteiger partial charge < -0.3 is 15.0 Å². The number of nitrogens with one attached hydrogen (secondary N) is 2. The number of anilines is 3. The lowest BCUT2D eigenvalue weighted by atomic mass is 10.1. The van der Waals surface area contributed by atoms with Crippen LogP contribution in [0.5, 0.6) is 0 Å². The molecule has 0 bridgehead atoms. The van der Waals surface area contributed by atoms with Crippen LogP contribution in [-0.2, 0) is 11.2 Å². The lowest BCUT2D eigenvalue weighted by molar-refractivity contribution is 0.0636. The Morgan fingerprint density at radius 1 is 1.22 bits per heavy atom. The molecule has 1 amide bonds. The second kappa shape index (κ2) is 8.09. The zero-order chi connectivity index (χ0) is 19.4. The molecule has 0 saturated carbocycles. The third-order valence-corrected chi connectivity index (χ3v) is 4.52. The molecule has 0 aliphatic carbocycles. The molecule has 1 heterocycles. The number of rotatable bonds is 4. The minimum absolute atomic E-state index is 0.446. The molecule has 3 rings (SSSR count). The highest BCUT2D eigenvalue weighted by atomic mass is 35.5. The summed E-state index contributed by atoms with van der Waals surface area (Å²) in [6, 6.07) is 13.9. The van der Waals surface area contributed by atoms with Crippen LogP contribution in [0.1, 0.15) is 26.3 Å². The molecule has 1 aliphatic rings. The summed E-state index contributed by atoms with van der Waals surface area (Å²) in [4.78, 5) is 14.3. The van der Waals surface area contributed by atoms with Gasteiger partial charge in [-0.25, -0.2) is 4.79 Å². The normalized spacial score (nSPS) is 13.6. The highest BCUT2D eigenvalue weighted by Crippen LogP contribution is 2.32. The quantitative estimate of drug-likeness (QED) is 0.760. The van der Waals surface area contributed by atoms with Crippen LogP contribution < -0.4 is 15.5 Å². The minimum Gasteiger partial charge on any atom is -0.444 e. The standard InChI is InChI=1S/C21H26ClN3O2/c1-21(2,3)27-20(26)24-17-8-9-19-18(14-17)23-11-13-25(19)12-10-15-4-6-16(22)7-5-15/h4-9,14,23H,10-13H2,1-3H3,(H,24,26). The van der Waals surface area contributed by atoms with E-state index in [-0.39, 0.29) is 0 Å². The summed E-state index contributed by atoms with van der Waals surface area (Å²) in [6.07, 6.45) is 0.506. The van der Waals surface area contributed by atoms with Crippen molar-refractivity contribution in [3.8, 4) is 0 Å². The van der Waals surface area contributed by atoms with Crippen LogP contribution in [0.3, 0.4) is 0 Å². The van der Waals surface area contributed by atoms with Gasteiger partial charge in [0.1, 0.15) is 5.60 Å². The topological polar surface area (TPSA) is 53.6 Å². The molecule has 0 aromatic heterocycles. The molecule has 2 aromatic rings. The lowest BCUT2D eigenvalue weighted by Gasteiger charge is -2.32. The van der Waals surface area contributed by atoms with Gasteiger partial charge >= 0.3 is 6.09 Å². The van der Waals surface area contributed by atoms with Crippen molar-refractivity contribution < 1.29 is 9.53 Å². The third-order valence-electron chi connectivity index (χ3n) is 4.26. The fraction of sp³-hybridized carbons (Fsp3) is 0.381. The molecule has 0 atom stereocenters. The van der Waals surface area contributed by atoms with Crippen molar-refractivity contribution in [1.29, 1.82) is 0 Å². The molecule has 27 heavy (non-hydrogen) atoms. The average Bonchev–Trinajstić information content (AvgIpc) is 2.59. The number of hydrogen-bond acceptors (Lipinski definition) is 4. The molecule has 0 radical (unpaired) electrons. The summed E-state index contributed by atoms with van der Waals surface area (Å²) in [6.45, 7) is 8.27. The molecule has 144 valence electrons. The van der Waals surface area contributed by atoms with Crippen LogP contribution in [0.2, 0.25) is 5.02 Å². The van der Waals surface area contributed by atoms with E-state index in [2.05, 4.69) is 27.7 Å². The Hall–Kier alpha value is -2.40. The van der Waals surface area contributed by atoms with E-state index in [9.17, 15) is 4.79 Å². The number of halogens is 1. The van der Waals surface area contributed by atoms with Crippen molar-refractivity contribution in [2.24, 2.45) is 0 Å². The van der Waals surface area contributed by atoms with Crippen molar-refractivity contribution in [2.45, 2.75) is 32.8 Å². The first-order valence-electron chi connectivity index (χ1n) is 9.17. The van der Waals surface area contributed by atoms with Gasteiger partial charge in [-0.15, -0.1) is 0 Å². The van der Waals surface area contributed by atoms with Crippen LogP contribution in [0, 0.1) is 0 Å². The lowest BCUT2D eigenvalue weighted by Crippen LogP contribution is -2.35. The molecular weight excluding hydrogens is 362 g/mol. The Morgan fingerprint density at radius 2 is 1.96 bits per heavy atom. The van der Waals surface area contributed by atoms with Gasteiger partial charge in [0, 0.05) is 30.3 Å². The summed E-state index contributed by atoms with van der Waals surface area (Å²) < 4.78 is 5.31. The Morgan fingerprint density at radius 3 is 2.67 bits per heavy atom. The second-order valence-electron chi connectivity index (χ2n) is 7.65. The summed E-state index contributed by atoms with van der Waals surface area (Å²) in [5, 5.41) is 6.96. The highest BCUT2D eigenvalue weighted by molar-refractivity contribution is 6.30. The summed E-state index contributed by atoms with van der Waals surface area (Å²) >= 11 is 5.96. The third kappa shape index (κ3) is 5.54. The molecular formula is C21H26ClN3O2. The van der Waals surface area contributed by atoms with Gasteiger partial charge in [-0.1, -0.05) is 23.7 Å². The number of hydrogen-bond donors (Lipinski definition) is 2. The van der Waals surface area contributed by atoms with E-state index in [1.54, 1.807) is 0 Å². The van der Waals surface area contributed by atoms with E-state index in [0.29, 0.717) is 0 Å². The van der Waals surface area contributed by atoms with Crippen LogP contribution in [0.4, 0.5) is 21.9 Å². The first-order valence-corrected chi connectivity index (χ1v) is 9.55. The fourth-order valence-electron chi connectivity index (χ4n) is 3.05. The number of nitrogens with zero attached hydrogens (tertiary/aromatic N) is 1. The minimum atomic E-state index is -0.519. The van der Waals surface area contributed by atoms with Gasteiger partial charge in [-0.2, -0.15) is 0 Å². The van der Waals surface area contributed by atoms with E-state index in [4.69, 9.17) is 16.3 Å². The Bertz CT molecular complexity index is 800. The molecule has 2 N–H and O–H groups in total. The fourth-order valence-corrected chi connectivity index (χ4v) is 3.17. The van der Waals surface area contributed by atoms with E-state index >= 15 is 0 Å². The van der Waals surface area contributed by atoms with Gasteiger partial charge in [0.2, 0.25) is 0 Å². The van der Waals surface area contributed by atoms with E-state index < -0.39 is 11.7 Å². The van der Waals surface area contributed by atoms with Crippen LogP contribution in [0.15, 0.2) is 42.5 Å². The predicted octanol–water partition coefficient (Wildman–Crippen LogP) is 5.16. The Balaban J connectivity index is 1.65. The number of carbonyl (C=O) groups excluding carboxylic acids is 1. The summed E-state index contributed by atoms with van der Waals surface area (Å²) in [7, 11) is 0. The van der Waals surface area contributed by atoms with E-state index in [1.165, 1.54) is 5.56 Å². The molecule has 0 spiro atoms. The van der Waals surface area contributed by atoms with Crippen molar-refractivity contribution in [2.75, 3.05) is 35.2 Å². The van der Waals surface area contributed by atoms with E-state index in [1.807, 2.05) is 51.1 Å². The van der Waals surface area contributed by atoms with E-state index in [0.717, 1.165) is 48.1 Å². The van der Waals surface area contributed by atoms with Gasteiger partial charge in [0.05, 0.1) is 11.4 Å². The van der Waals surface area contributed by atoms with Crippen molar-refractivity contribution in [3.05, 3.63) is 53.1 Å². The molecule has 0 saturated heterocycles. The zero-order valence-corrected chi connectivity index (χ0v) is 16.8. The molecule has 5 nitrogen and oxygen atoms in total. The van der Waals surface area contributed by atoms with Crippen LogP contribution >= 0.6 is 11.6 Å². The van der Waals surface area contributed by atoms with Gasteiger partial charge in [0.15, 0.2) is 0 Å². The first-order chi connectivity index (χ1) is 12.8. The summed E-state index contributed by atoms with van der Waals surface area (Å²) in [5.41, 5.74) is 3.63. The molecule has 0 unspecified atom stereocenters. The zero-order valence-electron chi connectivity index (χ0n) is 16.0. The maximum Gasteiger partial charge on any atom is 0.412 e. The predicted molar refractivity (Wildman–Crippen MR) is 112 cm³/mol. The monoisotopic (exact) mass is 387 g/mol. The second-order valence-corrected chi connectivity index (χ2v) is 8.09.